The van der Waals surface area contributed by atoms with Gasteiger partial charge in [-0.05, 0) is 24.5 Å². The minimum atomic E-state index is -0.00789. The van der Waals surface area contributed by atoms with Gasteiger partial charge in [0.2, 0.25) is 5.91 Å². The van der Waals surface area contributed by atoms with E-state index in [4.69, 9.17) is 0 Å². The summed E-state index contributed by atoms with van der Waals surface area (Å²) in [5, 5.41) is 3.51. The molecule has 3 atom stereocenters. The molecule has 1 rings (SSSR count). The Balaban J connectivity index is 2.80. The maximum Gasteiger partial charge on any atom is 0.241 e. The average Bonchev–Trinajstić information content (AvgIpc) is 2.64. The van der Waals surface area contributed by atoms with Gasteiger partial charge in [-0.15, -0.1) is 0 Å². The van der Waals surface area contributed by atoms with Gasteiger partial charge in [0.25, 0.3) is 0 Å². The molecule has 106 valence electrons. The summed E-state index contributed by atoms with van der Waals surface area (Å²) in [5.41, 5.74) is 0. The molecule has 1 N–H and O–H groups in total. The van der Waals surface area contributed by atoms with Crippen molar-refractivity contribution >= 4 is 17.7 Å². The van der Waals surface area contributed by atoms with E-state index in [1.165, 1.54) is 0 Å². The Morgan fingerprint density at radius 2 is 1.83 bits per heavy atom. The number of hydrogen-bond acceptors (Lipinski definition) is 3. The molecule has 1 amide bonds. The molecule has 4 heteroatoms. The summed E-state index contributed by atoms with van der Waals surface area (Å²) >= 11 is 1.91. The third-order valence-electron chi connectivity index (χ3n) is 3.51. The van der Waals surface area contributed by atoms with Crippen LogP contribution in [0.25, 0.3) is 0 Å². The lowest BCUT2D eigenvalue weighted by atomic mass is 10.0. The fourth-order valence-corrected chi connectivity index (χ4v) is 3.22. The number of rotatable bonds is 6. The van der Waals surface area contributed by atoms with Gasteiger partial charge in [-0.1, -0.05) is 34.6 Å². The Morgan fingerprint density at radius 3 is 2.28 bits per heavy atom. The van der Waals surface area contributed by atoms with Crippen LogP contribution in [-0.4, -0.2) is 40.6 Å². The second-order valence-corrected chi connectivity index (χ2v) is 7.15. The second-order valence-electron chi connectivity index (χ2n) is 5.83. The standard InChI is InChI=1S/C14H28N2OS/c1-7-18-8-11(6)16-13(10(4)5)15-12(9(2)3)14(16)17/h9-13,15H,7-8H2,1-6H3. The van der Waals surface area contributed by atoms with Gasteiger partial charge in [-0.2, -0.15) is 11.8 Å². The van der Waals surface area contributed by atoms with E-state index >= 15 is 0 Å². The Hall–Kier alpha value is -0.220. The van der Waals surface area contributed by atoms with Crippen molar-refractivity contribution in [2.45, 2.75) is 59.8 Å². The molecule has 0 aromatic heterocycles. The third kappa shape index (κ3) is 3.41. The number of nitrogens with zero attached hydrogens (tertiary/aromatic N) is 1. The molecular formula is C14H28N2OS. The predicted molar refractivity (Wildman–Crippen MR) is 79.7 cm³/mol. The quantitative estimate of drug-likeness (QED) is 0.806. The van der Waals surface area contributed by atoms with Crippen molar-refractivity contribution in [2.75, 3.05) is 11.5 Å². The molecule has 0 aliphatic carbocycles. The highest BCUT2D eigenvalue weighted by atomic mass is 32.2. The van der Waals surface area contributed by atoms with Gasteiger partial charge in [0.15, 0.2) is 0 Å². The van der Waals surface area contributed by atoms with Crippen molar-refractivity contribution in [3.8, 4) is 0 Å². The number of hydrogen-bond donors (Lipinski definition) is 1. The van der Waals surface area contributed by atoms with E-state index in [0.717, 1.165) is 11.5 Å². The van der Waals surface area contributed by atoms with Crippen molar-refractivity contribution in [3.63, 3.8) is 0 Å². The monoisotopic (exact) mass is 272 g/mol. The fraction of sp³-hybridized carbons (Fsp3) is 0.929. The maximum absolute atomic E-state index is 12.5. The molecule has 3 unspecified atom stereocenters. The maximum atomic E-state index is 12.5. The lowest BCUT2D eigenvalue weighted by Crippen LogP contribution is -2.47. The molecule has 1 saturated heterocycles. The molecule has 1 aliphatic rings. The highest BCUT2D eigenvalue weighted by Crippen LogP contribution is 2.25. The molecule has 0 aromatic rings. The van der Waals surface area contributed by atoms with E-state index in [-0.39, 0.29) is 18.1 Å². The number of nitrogens with one attached hydrogen (secondary N) is 1. The van der Waals surface area contributed by atoms with Crippen LogP contribution in [0.15, 0.2) is 0 Å². The molecular weight excluding hydrogens is 244 g/mol. The second kappa shape index (κ2) is 6.80. The summed E-state index contributed by atoms with van der Waals surface area (Å²) in [6, 6.07) is 0.303. The van der Waals surface area contributed by atoms with Crippen LogP contribution < -0.4 is 5.32 Å². The van der Waals surface area contributed by atoms with Gasteiger partial charge in [0.1, 0.15) is 0 Å². The smallest absolute Gasteiger partial charge is 0.241 e. The molecule has 0 bridgehead atoms. The molecule has 1 aliphatic heterocycles. The van der Waals surface area contributed by atoms with Crippen LogP contribution in [0.3, 0.4) is 0 Å². The van der Waals surface area contributed by atoms with Gasteiger partial charge in [0.05, 0.1) is 12.2 Å². The Labute approximate surface area is 116 Å². The van der Waals surface area contributed by atoms with Gasteiger partial charge in [-0.3, -0.25) is 10.1 Å². The molecule has 0 aromatic carbocycles. The Morgan fingerprint density at radius 1 is 1.22 bits per heavy atom. The van der Waals surface area contributed by atoms with Crippen LogP contribution in [0.4, 0.5) is 0 Å². The SMILES string of the molecule is CCSCC(C)N1C(=O)C(C(C)C)NC1C(C)C. The highest BCUT2D eigenvalue weighted by molar-refractivity contribution is 7.99. The molecule has 0 saturated carbocycles. The normalized spacial score (nSPS) is 26.4. The van der Waals surface area contributed by atoms with Crippen molar-refractivity contribution in [3.05, 3.63) is 0 Å². The van der Waals surface area contributed by atoms with Crippen LogP contribution in [0.2, 0.25) is 0 Å². The average molecular weight is 272 g/mol. The van der Waals surface area contributed by atoms with E-state index < -0.39 is 0 Å². The molecule has 0 spiro atoms. The van der Waals surface area contributed by atoms with E-state index in [2.05, 4.69) is 51.8 Å². The summed E-state index contributed by atoms with van der Waals surface area (Å²) < 4.78 is 0. The summed E-state index contributed by atoms with van der Waals surface area (Å²) in [6.45, 7) is 12.9. The number of carbonyl (C=O) groups excluding carboxylic acids is 1. The van der Waals surface area contributed by atoms with Crippen LogP contribution >= 0.6 is 11.8 Å². The first kappa shape index (κ1) is 15.8. The lowest BCUT2D eigenvalue weighted by molar-refractivity contribution is -0.132. The number of carbonyl (C=O) groups is 1. The van der Waals surface area contributed by atoms with Gasteiger partial charge >= 0.3 is 0 Å². The van der Waals surface area contributed by atoms with Crippen molar-refractivity contribution in [2.24, 2.45) is 11.8 Å². The minimum absolute atomic E-state index is 0.00789. The Bertz CT molecular complexity index is 281. The zero-order chi connectivity index (χ0) is 13.9. The van der Waals surface area contributed by atoms with Gasteiger partial charge in [-0.25, -0.2) is 0 Å². The van der Waals surface area contributed by atoms with E-state index in [0.29, 0.717) is 17.9 Å². The largest absolute Gasteiger partial charge is 0.322 e. The summed E-state index contributed by atoms with van der Waals surface area (Å²) in [7, 11) is 0. The first-order valence-corrected chi connectivity index (χ1v) is 8.21. The van der Waals surface area contributed by atoms with Crippen molar-refractivity contribution < 1.29 is 4.79 Å². The first-order chi connectivity index (χ1) is 8.40. The van der Waals surface area contributed by atoms with Crippen molar-refractivity contribution in [1.82, 2.24) is 10.2 Å². The number of thioether (sulfide) groups is 1. The summed E-state index contributed by atoms with van der Waals surface area (Å²) in [4.78, 5) is 14.6. The van der Waals surface area contributed by atoms with Crippen LogP contribution in [0.5, 0.6) is 0 Å². The van der Waals surface area contributed by atoms with Crippen LogP contribution in [0.1, 0.15) is 41.5 Å². The highest BCUT2D eigenvalue weighted by Gasteiger charge is 2.43. The van der Waals surface area contributed by atoms with Crippen molar-refractivity contribution in [1.29, 1.82) is 0 Å². The lowest BCUT2D eigenvalue weighted by Gasteiger charge is -2.32. The van der Waals surface area contributed by atoms with Crippen LogP contribution in [-0.2, 0) is 4.79 Å². The number of amides is 1. The molecule has 18 heavy (non-hydrogen) atoms. The summed E-state index contributed by atoms with van der Waals surface area (Å²) in [6.07, 6.45) is 0.192. The first-order valence-electron chi connectivity index (χ1n) is 7.06. The molecule has 1 heterocycles. The summed E-state index contributed by atoms with van der Waals surface area (Å²) in [5.74, 6) is 3.23. The zero-order valence-electron chi connectivity index (χ0n) is 12.6. The van der Waals surface area contributed by atoms with E-state index in [9.17, 15) is 4.79 Å². The van der Waals surface area contributed by atoms with Gasteiger partial charge in [0, 0.05) is 11.8 Å². The topological polar surface area (TPSA) is 32.3 Å². The van der Waals surface area contributed by atoms with Crippen LogP contribution in [0, 0.1) is 11.8 Å². The Kier molecular flexibility index (Phi) is 5.99. The van der Waals surface area contributed by atoms with Gasteiger partial charge < -0.3 is 4.90 Å². The van der Waals surface area contributed by atoms with E-state index in [1.54, 1.807) is 0 Å². The fourth-order valence-electron chi connectivity index (χ4n) is 2.48. The zero-order valence-corrected chi connectivity index (χ0v) is 13.4. The molecule has 3 nitrogen and oxygen atoms in total. The molecule has 0 radical (unpaired) electrons. The molecule has 1 fully saturated rings. The van der Waals surface area contributed by atoms with E-state index in [1.807, 2.05) is 11.8 Å². The minimum Gasteiger partial charge on any atom is -0.322 e. The third-order valence-corrected chi connectivity index (χ3v) is 4.63. The predicted octanol–water partition coefficient (Wildman–Crippen LogP) is 2.57.